The fourth-order valence-electron chi connectivity index (χ4n) is 2.76. The van der Waals surface area contributed by atoms with Gasteiger partial charge in [0.15, 0.2) is 0 Å². The van der Waals surface area contributed by atoms with Crippen LogP contribution in [0.1, 0.15) is 36.0 Å². The standard InChI is InChI=1S/C17H23N3O4/c21-15(22)9-10-18-17(24)20-11-5-4-8-14(20)12-19-16(23)13-6-2-1-3-7-13/h1-3,6-7,14H,4-5,8-12H2,(H,18,24)(H,19,23)(H,21,22). The number of likely N-dealkylation sites (tertiary alicyclic amines) is 1. The second kappa shape index (κ2) is 8.90. The molecule has 1 fully saturated rings. The topological polar surface area (TPSA) is 98.7 Å². The quantitative estimate of drug-likeness (QED) is 0.734. The van der Waals surface area contributed by atoms with Gasteiger partial charge in [0, 0.05) is 25.2 Å². The highest BCUT2D eigenvalue weighted by molar-refractivity contribution is 5.94. The van der Waals surface area contributed by atoms with E-state index in [4.69, 9.17) is 5.11 Å². The maximum absolute atomic E-state index is 12.2. The Kier molecular flexibility index (Phi) is 6.60. The Morgan fingerprint density at radius 3 is 2.58 bits per heavy atom. The number of aliphatic carboxylic acids is 1. The van der Waals surface area contributed by atoms with Crippen molar-refractivity contribution >= 4 is 17.9 Å². The second-order valence-corrected chi connectivity index (χ2v) is 5.79. The molecule has 0 aromatic heterocycles. The highest BCUT2D eigenvalue weighted by atomic mass is 16.4. The van der Waals surface area contributed by atoms with Crippen LogP contribution < -0.4 is 10.6 Å². The predicted octanol–water partition coefficient (Wildman–Crippen LogP) is 1.46. The summed E-state index contributed by atoms with van der Waals surface area (Å²) in [5, 5.41) is 14.1. The summed E-state index contributed by atoms with van der Waals surface area (Å²) in [5.74, 6) is -1.10. The highest BCUT2D eigenvalue weighted by Crippen LogP contribution is 2.16. The number of carboxylic acid groups (broad SMARTS) is 1. The molecule has 1 aliphatic heterocycles. The number of carboxylic acids is 1. The summed E-state index contributed by atoms with van der Waals surface area (Å²) >= 11 is 0. The Morgan fingerprint density at radius 2 is 1.88 bits per heavy atom. The van der Waals surface area contributed by atoms with Crippen molar-refractivity contribution in [3.05, 3.63) is 35.9 Å². The monoisotopic (exact) mass is 333 g/mol. The number of hydrogen-bond donors (Lipinski definition) is 3. The van der Waals surface area contributed by atoms with Gasteiger partial charge in [0.25, 0.3) is 5.91 Å². The number of nitrogens with zero attached hydrogens (tertiary/aromatic N) is 1. The Labute approximate surface area is 141 Å². The van der Waals surface area contributed by atoms with Gasteiger partial charge in [-0.05, 0) is 31.4 Å². The number of hydrogen-bond acceptors (Lipinski definition) is 3. The zero-order valence-corrected chi connectivity index (χ0v) is 13.5. The molecule has 0 aliphatic carbocycles. The van der Waals surface area contributed by atoms with E-state index in [1.807, 2.05) is 6.07 Å². The molecular weight excluding hydrogens is 310 g/mol. The van der Waals surface area contributed by atoms with Crippen LogP contribution in [0.3, 0.4) is 0 Å². The summed E-state index contributed by atoms with van der Waals surface area (Å²) in [7, 11) is 0. The first-order valence-corrected chi connectivity index (χ1v) is 8.17. The number of amides is 3. The van der Waals surface area contributed by atoms with E-state index in [0.717, 1.165) is 19.3 Å². The molecule has 24 heavy (non-hydrogen) atoms. The highest BCUT2D eigenvalue weighted by Gasteiger charge is 2.26. The van der Waals surface area contributed by atoms with Crippen molar-refractivity contribution in [1.29, 1.82) is 0 Å². The molecular formula is C17H23N3O4. The minimum Gasteiger partial charge on any atom is -0.481 e. The summed E-state index contributed by atoms with van der Waals surface area (Å²) in [4.78, 5) is 36.5. The first-order chi connectivity index (χ1) is 11.6. The lowest BCUT2D eigenvalue weighted by Gasteiger charge is -2.35. The van der Waals surface area contributed by atoms with Crippen LogP contribution in [0.5, 0.6) is 0 Å². The van der Waals surface area contributed by atoms with E-state index < -0.39 is 5.97 Å². The lowest BCUT2D eigenvalue weighted by Crippen LogP contribution is -2.53. The minimum absolute atomic E-state index is 0.0729. The van der Waals surface area contributed by atoms with E-state index in [-0.39, 0.29) is 30.9 Å². The molecule has 0 spiro atoms. The molecule has 0 bridgehead atoms. The van der Waals surface area contributed by atoms with Gasteiger partial charge in [-0.1, -0.05) is 18.2 Å². The molecule has 1 aromatic rings. The first-order valence-electron chi connectivity index (χ1n) is 8.17. The van der Waals surface area contributed by atoms with Gasteiger partial charge >= 0.3 is 12.0 Å². The normalized spacial score (nSPS) is 17.2. The molecule has 1 unspecified atom stereocenters. The summed E-state index contributed by atoms with van der Waals surface area (Å²) in [5.41, 5.74) is 0.589. The molecule has 1 aliphatic rings. The first kappa shape index (κ1) is 17.8. The maximum atomic E-state index is 12.2. The Hall–Kier alpha value is -2.57. The number of rotatable bonds is 6. The van der Waals surface area contributed by atoms with Crippen molar-refractivity contribution in [2.75, 3.05) is 19.6 Å². The van der Waals surface area contributed by atoms with Gasteiger partial charge in [0.1, 0.15) is 0 Å². The van der Waals surface area contributed by atoms with Gasteiger partial charge in [-0.15, -0.1) is 0 Å². The largest absolute Gasteiger partial charge is 0.481 e. The second-order valence-electron chi connectivity index (χ2n) is 5.79. The van der Waals surface area contributed by atoms with Gasteiger partial charge in [0.2, 0.25) is 0 Å². The average Bonchev–Trinajstić information content (AvgIpc) is 2.60. The zero-order chi connectivity index (χ0) is 17.4. The number of carbonyl (C=O) groups excluding carboxylic acids is 2. The summed E-state index contributed by atoms with van der Waals surface area (Å²) < 4.78 is 0. The molecule has 1 heterocycles. The van der Waals surface area contributed by atoms with Crippen LogP contribution >= 0.6 is 0 Å². The van der Waals surface area contributed by atoms with Crippen LogP contribution in [0.4, 0.5) is 4.79 Å². The molecule has 0 saturated carbocycles. The number of carbonyl (C=O) groups is 3. The third kappa shape index (κ3) is 5.26. The molecule has 1 aromatic carbocycles. The van der Waals surface area contributed by atoms with Crippen LogP contribution in [0.25, 0.3) is 0 Å². The number of urea groups is 1. The average molecular weight is 333 g/mol. The lowest BCUT2D eigenvalue weighted by molar-refractivity contribution is -0.136. The third-order valence-corrected chi connectivity index (χ3v) is 4.04. The molecule has 7 heteroatoms. The van der Waals surface area contributed by atoms with Crippen molar-refractivity contribution in [1.82, 2.24) is 15.5 Å². The smallest absolute Gasteiger partial charge is 0.317 e. The SMILES string of the molecule is O=C(O)CCNC(=O)N1CCCCC1CNC(=O)c1ccccc1. The van der Waals surface area contributed by atoms with E-state index in [1.165, 1.54) is 0 Å². The van der Waals surface area contributed by atoms with Gasteiger partial charge in [-0.3, -0.25) is 9.59 Å². The van der Waals surface area contributed by atoms with Crippen molar-refractivity contribution in [3.8, 4) is 0 Å². The molecule has 3 N–H and O–H groups in total. The van der Waals surface area contributed by atoms with Gasteiger partial charge in [-0.25, -0.2) is 4.79 Å². The zero-order valence-electron chi connectivity index (χ0n) is 13.5. The van der Waals surface area contributed by atoms with Crippen LogP contribution in [-0.4, -0.2) is 53.6 Å². The summed E-state index contributed by atoms with van der Waals surface area (Å²) in [6.45, 7) is 1.11. The molecule has 0 radical (unpaired) electrons. The van der Waals surface area contributed by atoms with Gasteiger partial charge in [-0.2, -0.15) is 0 Å². The van der Waals surface area contributed by atoms with Crippen molar-refractivity contribution in [2.24, 2.45) is 0 Å². The third-order valence-electron chi connectivity index (χ3n) is 4.04. The van der Waals surface area contributed by atoms with Crippen molar-refractivity contribution < 1.29 is 19.5 Å². The lowest BCUT2D eigenvalue weighted by atomic mass is 10.0. The molecule has 2 rings (SSSR count). The van der Waals surface area contributed by atoms with E-state index in [0.29, 0.717) is 18.7 Å². The summed E-state index contributed by atoms with van der Waals surface area (Å²) in [6, 6.07) is 8.60. The molecule has 130 valence electrons. The summed E-state index contributed by atoms with van der Waals surface area (Å²) in [6.07, 6.45) is 2.64. The van der Waals surface area contributed by atoms with Gasteiger partial charge < -0.3 is 20.6 Å². The van der Waals surface area contributed by atoms with E-state index in [2.05, 4.69) is 10.6 Å². The van der Waals surface area contributed by atoms with Gasteiger partial charge in [0.05, 0.1) is 12.5 Å². The molecule has 1 saturated heterocycles. The van der Waals surface area contributed by atoms with E-state index >= 15 is 0 Å². The predicted molar refractivity (Wildman–Crippen MR) is 88.8 cm³/mol. The van der Waals surface area contributed by atoms with Crippen LogP contribution in [-0.2, 0) is 4.79 Å². The van der Waals surface area contributed by atoms with Crippen molar-refractivity contribution in [3.63, 3.8) is 0 Å². The van der Waals surface area contributed by atoms with E-state index in [9.17, 15) is 14.4 Å². The Bertz CT molecular complexity index is 576. The number of piperidine rings is 1. The Balaban J connectivity index is 1.86. The minimum atomic E-state index is -0.944. The van der Waals surface area contributed by atoms with Crippen LogP contribution in [0.2, 0.25) is 0 Å². The maximum Gasteiger partial charge on any atom is 0.317 e. The Morgan fingerprint density at radius 1 is 1.12 bits per heavy atom. The fourth-order valence-corrected chi connectivity index (χ4v) is 2.76. The van der Waals surface area contributed by atoms with Crippen molar-refractivity contribution in [2.45, 2.75) is 31.7 Å². The molecule has 7 nitrogen and oxygen atoms in total. The van der Waals surface area contributed by atoms with E-state index in [1.54, 1.807) is 29.2 Å². The van der Waals surface area contributed by atoms with Crippen LogP contribution in [0.15, 0.2) is 30.3 Å². The number of nitrogens with one attached hydrogen (secondary N) is 2. The molecule has 1 atom stereocenters. The van der Waals surface area contributed by atoms with Crippen LogP contribution in [0, 0.1) is 0 Å². The number of benzene rings is 1. The fraction of sp³-hybridized carbons (Fsp3) is 0.471. The molecule has 3 amide bonds.